The van der Waals surface area contributed by atoms with Crippen molar-refractivity contribution in [1.29, 1.82) is 5.26 Å². The van der Waals surface area contributed by atoms with E-state index in [0.29, 0.717) is 11.5 Å². The Kier molecular flexibility index (Phi) is 3.31. The summed E-state index contributed by atoms with van der Waals surface area (Å²) >= 11 is 0. The van der Waals surface area contributed by atoms with E-state index in [2.05, 4.69) is 16.0 Å². The second-order valence-corrected chi connectivity index (χ2v) is 5.52. The predicted molar refractivity (Wildman–Crippen MR) is 75.2 cm³/mol. The Morgan fingerprint density at radius 1 is 1.30 bits per heavy atom. The average molecular weight is 270 g/mol. The Balaban J connectivity index is 1.70. The van der Waals surface area contributed by atoms with Gasteiger partial charge in [-0.15, -0.1) is 0 Å². The molecule has 20 heavy (non-hydrogen) atoms. The zero-order valence-corrected chi connectivity index (χ0v) is 11.7. The summed E-state index contributed by atoms with van der Waals surface area (Å²) < 4.78 is 0. The first kappa shape index (κ1) is 12.9. The summed E-state index contributed by atoms with van der Waals surface area (Å²) in [6, 6.07) is 5.87. The molecule has 0 radical (unpaired) electrons. The number of amides is 1. The molecular weight excluding hydrogens is 252 g/mol. The average Bonchev–Trinajstić information content (AvgIpc) is 3.31. The molecule has 1 saturated carbocycles. The summed E-state index contributed by atoms with van der Waals surface area (Å²) in [6.07, 6.45) is 2.11. The molecule has 1 amide bonds. The minimum absolute atomic E-state index is 0.285. The molecule has 3 rings (SSSR count). The lowest BCUT2D eigenvalue weighted by Gasteiger charge is -2.36. The number of carbonyl (C=O) groups excluding carboxylic acids is 1. The molecule has 0 bridgehead atoms. The molecule has 1 aliphatic carbocycles. The van der Waals surface area contributed by atoms with Crippen molar-refractivity contribution in [3.05, 3.63) is 23.4 Å². The largest absolute Gasteiger partial charge is 0.352 e. The van der Waals surface area contributed by atoms with E-state index in [1.165, 1.54) is 0 Å². The third-order valence-corrected chi connectivity index (χ3v) is 3.95. The Hall–Kier alpha value is -2.09. The lowest BCUT2D eigenvalue weighted by atomic mass is 10.2. The number of anilines is 1. The van der Waals surface area contributed by atoms with E-state index in [9.17, 15) is 10.1 Å². The quantitative estimate of drug-likeness (QED) is 0.813. The van der Waals surface area contributed by atoms with Gasteiger partial charge in [0.05, 0.1) is 5.56 Å². The molecule has 0 unspecified atom stereocenters. The number of nitrogens with zero attached hydrogens (tertiary/aromatic N) is 4. The fraction of sp³-hybridized carbons (Fsp3) is 0.533. The minimum atomic E-state index is 0.285. The number of aryl methyl sites for hydroxylation is 1. The summed E-state index contributed by atoms with van der Waals surface area (Å²) in [4.78, 5) is 20.6. The molecule has 5 heteroatoms. The standard InChI is InChI=1S/C15H18N4O/c1-11-2-3-13(10-16)14(17-11)18-6-8-19(9-7-18)15(20)12-4-5-12/h2-3,12H,4-9H2,1H3. The first-order valence-corrected chi connectivity index (χ1v) is 7.10. The minimum Gasteiger partial charge on any atom is -0.352 e. The van der Waals surface area contributed by atoms with Gasteiger partial charge in [-0.05, 0) is 31.9 Å². The lowest BCUT2D eigenvalue weighted by molar-refractivity contribution is -0.132. The van der Waals surface area contributed by atoms with Gasteiger partial charge in [0.25, 0.3) is 0 Å². The van der Waals surface area contributed by atoms with Crippen LogP contribution in [0.2, 0.25) is 0 Å². The van der Waals surface area contributed by atoms with Gasteiger partial charge in [-0.3, -0.25) is 4.79 Å². The molecule has 1 aromatic rings. The molecule has 104 valence electrons. The Bertz CT molecular complexity index is 566. The topological polar surface area (TPSA) is 60.2 Å². The van der Waals surface area contributed by atoms with Crippen molar-refractivity contribution in [3.63, 3.8) is 0 Å². The van der Waals surface area contributed by atoms with Gasteiger partial charge in [0, 0.05) is 37.8 Å². The Morgan fingerprint density at radius 3 is 2.60 bits per heavy atom. The number of rotatable bonds is 2. The third-order valence-electron chi connectivity index (χ3n) is 3.95. The van der Waals surface area contributed by atoms with Crippen molar-refractivity contribution in [2.75, 3.05) is 31.1 Å². The van der Waals surface area contributed by atoms with Gasteiger partial charge in [-0.25, -0.2) is 4.98 Å². The van der Waals surface area contributed by atoms with Gasteiger partial charge >= 0.3 is 0 Å². The van der Waals surface area contributed by atoms with Gasteiger partial charge in [-0.2, -0.15) is 5.26 Å². The second kappa shape index (κ2) is 5.12. The molecule has 2 heterocycles. The first-order valence-electron chi connectivity index (χ1n) is 7.10. The highest BCUT2D eigenvalue weighted by Gasteiger charge is 2.34. The maximum atomic E-state index is 12.0. The van der Waals surface area contributed by atoms with Crippen LogP contribution in [0.5, 0.6) is 0 Å². The van der Waals surface area contributed by atoms with Crippen molar-refractivity contribution in [2.24, 2.45) is 5.92 Å². The number of hydrogen-bond acceptors (Lipinski definition) is 4. The number of nitriles is 1. The summed E-state index contributed by atoms with van der Waals surface area (Å²) in [5, 5.41) is 9.18. The van der Waals surface area contributed by atoms with Crippen LogP contribution in [-0.4, -0.2) is 42.0 Å². The van der Waals surface area contributed by atoms with E-state index in [1.54, 1.807) is 0 Å². The van der Waals surface area contributed by atoms with Crippen LogP contribution in [0.3, 0.4) is 0 Å². The van der Waals surface area contributed by atoms with Crippen LogP contribution >= 0.6 is 0 Å². The van der Waals surface area contributed by atoms with Gasteiger partial charge in [0.1, 0.15) is 11.9 Å². The van der Waals surface area contributed by atoms with Gasteiger partial charge in [0.2, 0.25) is 5.91 Å². The molecule has 5 nitrogen and oxygen atoms in total. The van der Waals surface area contributed by atoms with Crippen molar-refractivity contribution in [3.8, 4) is 6.07 Å². The second-order valence-electron chi connectivity index (χ2n) is 5.52. The lowest BCUT2D eigenvalue weighted by Crippen LogP contribution is -2.49. The number of carbonyl (C=O) groups is 1. The number of hydrogen-bond donors (Lipinski definition) is 0. The van der Waals surface area contributed by atoms with Crippen LogP contribution < -0.4 is 4.90 Å². The molecule has 1 saturated heterocycles. The number of pyridine rings is 1. The highest BCUT2D eigenvalue weighted by Crippen LogP contribution is 2.31. The fourth-order valence-corrected chi connectivity index (χ4v) is 2.60. The molecule has 0 N–H and O–H groups in total. The van der Waals surface area contributed by atoms with Crippen molar-refractivity contribution >= 4 is 11.7 Å². The van der Waals surface area contributed by atoms with E-state index in [4.69, 9.17) is 0 Å². The zero-order chi connectivity index (χ0) is 14.1. The van der Waals surface area contributed by atoms with Crippen LogP contribution in [-0.2, 0) is 4.79 Å². The number of piperazine rings is 1. The maximum Gasteiger partial charge on any atom is 0.225 e. The summed E-state index contributed by atoms with van der Waals surface area (Å²) in [5.41, 5.74) is 1.52. The van der Waals surface area contributed by atoms with Crippen LogP contribution in [0.15, 0.2) is 12.1 Å². The van der Waals surface area contributed by atoms with Crippen LogP contribution in [0.4, 0.5) is 5.82 Å². The number of aromatic nitrogens is 1. The molecule has 0 aromatic carbocycles. The van der Waals surface area contributed by atoms with E-state index in [-0.39, 0.29) is 5.92 Å². The van der Waals surface area contributed by atoms with E-state index < -0.39 is 0 Å². The van der Waals surface area contributed by atoms with Crippen molar-refractivity contribution in [2.45, 2.75) is 19.8 Å². The smallest absolute Gasteiger partial charge is 0.225 e. The third kappa shape index (κ3) is 2.46. The fourth-order valence-electron chi connectivity index (χ4n) is 2.60. The molecular formula is C15H18N4O. The molecule has 1 aliphatic heterocycles. The predicted octanol–water partition coefficient (Wildman–Crippen LogP) is 1.32. The van der Waals surface area contributed by atoms with Crippen molar-refractivity contribution < 1.29 is 4.79 Å². The van der Waals surface area contributed by atoms with Crippen LogP contribution in [0, 0.1) is 24.2 Å². The first-order chi connectivity index (χ1) is 9.69. The van der Waals surface area contributed by atoms with Crippen molar-refractivity contribution in [1.82, 2.24) is 9.88 Å². The molecule has 1 aromatic heterocycles. The summed E-state index contributed by atoms with van der Waals surface area (Å²) in [5.74, 6) is 1.35. The van der Waals surface area contributed by atoms with Gasteiger partial charge < -0.3 is 9.80 Å². The highest BCUT2D eigenvalue weighted by atomic mass is 16.2. The van der Waals surface area contributed by atoms with E-state index in [1.807, 2.05) is 24.0 Å². The van der Waals surface area contributed by atoms with Gasteiger partial charge in [0.15, 0.2) is 0 Å². The molecule has 2 fully saturated rings. The molecule has 0 spiro atoms. The summed E-state index contributed by atoms with van der Waals surface area (Å²) in [7, 11) is 0. The molecule has 0 atom stereocenters. The van der Waals surface area contributed by atoms with E-state index in [0.717, 1.165) is 50.5 Å². The van der Waals surface area contributed by atoms with Gasteiger partial charge in [-0.1, -0.05) is 0 Å². The van der Waals surface area contributed by atoms with Crippen LogP contribution in [0.25, 0.3) is 0 Å². The highest BCUT2D eigenvalue weighted by molar-refractivity contribution is 5.81. The Morgan fingerprint density at radius 2 is 2.00 bits per heavy atom. The normalized spacial score (nSPS) is 18.8. The monoisotopic (exact) mass is 270 g/mol. The van der Waals surface area contributed by atoms with Crippen LogP contribution in [0.1, 0.15) is 24.1 Å². The summed E-state index contributed by atoms with van der Waals surface area (Å²) in [6.45, 7) is 4.90. The molecule has 2 aliphatic rings. The maximum absolute atomic E-state index is 12.0. The SMILES string of the molecule is Cc1ccc(C#N)c(N2CCN(C(=O)C3CC3)CC2)n1. The zero-order valence-electron chi connectivity index (χ0n) is 11.7. The van der Waals surface area contributed by atoms with E-state index >= 15 is 0 Å². The Labute approximate surface area is 118 Å².